The van der Waals surface area contributed by atoms with Gasteiger partial charge in [0.2, 0.25) is 11.1 Å². The number of ether oxygens (including phenoxy) is 1. The fraction of sp³-hybridized carbons (Fsp3) is 0.273. The predicted octanol–water partition coefficient (Wildman–Crippen LogP) is 3.91. The maximum absolute atomic E-state index is 13.2. The van der Waals surface area contributed by atoms with Crippen LogP contribution in [0.1, 0.15) is 32.5 Å². The fourth-order valence-electron chi connectivity index (χ4n) is 3.74. The summed E-state index contributed by atoms with van der Waals surface area (Å²) in [6.45, 7) is 6.01. The lowest BCUT2D eigenvalue weighted by atomic mass is 10.0. The summed E-state index contributed by atoms with van der Waals surface area (Å²) in [6, 6.07) is 13.1. The van der Waals surface area contributed by atoms with Crippen molar-refractivity contribution in [3.8, 4) is 17.0 Å². The molecule has 1 atom stereocenters. The molecule has 9 heteroatoms. The highest BCUT2D eigenvalue weighted by atomic mass is 79.9. The third-order valence-electron chi connectivity index (χ3n) is 4.92. The van der Waals surface area contributed by atoms with Crippen LogP contribution in [0.2, 0.25) is 0 Å². The number of hydrogen-bond acceptors (Lipinski definition) is 5. The molecule has 0 saturated carbocycles. The van der Waals surface area contributed by atoms with Gasteiger partial charge >= 0.3 is 11.3 Å². The number of aromatic amines is 1. The van der Waals surface area contributed by atoms with Crippen molar-refractivity contribution in [2.24, 2.45) is 0 Å². The molecule has 1 amide bonds. The van der Waals surface area contributed by atoms with Gasteiger partial charge in [0.25, 0.3) is 6.17 Å². The first-order valence-corrected chi connectivity index (χ1v) is 11.7. The van der Waals surface area contributed by atoms with E-state index < -0.39 is 6.17 Å². The third-order valence-corrected chi connectivity index (χ3v) is 6.16. The van der Waals surface area contributed by atoms with Gasteiger partial charge in [0.1, 0.15) is 5.75 Å². The van der Waals surface area contributed by atoms with Crippen molar-refractivity contribution >= 4 is 39.3 Å². The van der Waals surface area contributed by atoms with E-state index in [0.29, 0.717) is 28.7 Å². The van der Waals surface area contributed by atoms with Crippen molar-refractivity contribution < 1.29 is 14.2 Å². The Hall–Kier alpha value is -2.65. The molecule has 0 fully saturated rings. The van der Waals surface area contributed by atoms with Gasteiger partial charge < -0.3 is 4.74 Å². The number of nitrogens with zero attached hydrogens (tertiary/aromatic N) is 3. The summed E-state index contributed by atoms with van der Waals surface area (Å²) >= 11 is 4.92. The lowest BCUT2D eigenvalue weighted by Crippen LogP contribution is -2.60. The highest BCUT2D eigenvalue weighted by Gasteiger charge is 2.45. The summed E-state index contributed by atoms with van der Waals surface area (Å²) in [7, 11) is 0. The molecule has 1 aromatic heterocycles. The second-order valence-corrected chi connectivity index (χ2v) is 9.08. The maximum Gasteiger partial charge on any atom is 0.325 e. The van der Waals surface area contributed by atoms with Gasteiger partial charge in [-0.25, -0.2) is 4.90 Å². The number of carbonyl (C=O) groups excluding carboxylic acids is 1. The summed E-state index contributed by atoms with van der Waals surface area (Å²) < 4.78 is 8.03. The molecule has 2 aromatic carbocycles. The Kier molecular flexibility index (Phi) is 6.15. The second kappa shape index (κ2) is 8.84. The minimum absolute atomic E-state index is 0.146. The molecular formula is C22H22BrN4O3S+. The highest BCUT2D eigenvalue weighted by Crippen LogP contribution is 2.39. The molecule has 0 radical (unpaired) electrons. The van der Waals surface area contributed by atoms with Crippen molar-refractivity contribution in [2.75, 3.05) is 17.3 Å². The van der Waals surface area contributed by atoms with Crippen molar-refractivity contribution in [1.29, 1.82) is 0 Å². The molecule has 1 aliphatic rings. The number of aromatic nitrogens is 3. The lowest BCUT2D eigenvalue weighted by molar-refractivity contribution is -0.763. The number of amides is 1. The maximum atomic E-state index is 13.2. The van der Waals surface area contributed by atoms with Crippen LogP contribution in [0.5, 0.6) is 5.75 Å². The van der Waals surface area contributed by atoms with Gasteiger partial charge in [-0.3, -0.25) is 14.6 Å². The molecule has 1 aliphatic heterocycles. The third kappa shape index (κ3) is 3.99. The zero-order valence-electron chi connectivity index (χ0n) is 17.4. The Balaban J connectivity index is 2.00. The van der Waals surface area contributed by atoms with E-state index in [1.807, 2.05) is 56.3 Å². The Morgan fingerprint density at radius 1 is 1.26 bits per heavy atom. The zero-order valence-corrected chi connectivity index (χ0v) is 19.8. The van der Waals surface area contributed by atoms with E-state index in [4.69, 9.17) is 9.84 Å². The first kappa shape index (κ1) is 21.6. The molecule has 2 heterocycles. The number of rotatable bonds is 5. The van der Waals surface area contributed by atoms with E-state index in [-0.39, 0.29) is 11.5 Å². The van der Waals surface area contributed by atoms with Crippen molar-refractivity contribution in [3.63, 3.8) is 0 Å². The molecule has 0 bridgehead atoms. The largest absolute Gasteiger partial charge is 0.494 e. The Morgan fingerprint density at radius 3 is 2.65 bits per heavy atom. The van der Waals surface area contributed by atoms with E-state index >= 15 is 0 Å². The van der Waals surface area contributed by atoms with Gasteiger partial charge in [-0.05, 0) is 59.8 Å². The average Bonchev–Trinajstić information content (AvgIpc) is 2.73. The van der Waals surface area contributed by atoms with Gasteiger partial charge in [-0.15, -0.1) is 0 Å². The van der Waals surface area contributed by atoms with E-state index in [1.165, 1.54) is 18.7 Å². The number of thioether (sulfide) groups is 1. The van der Waals surface area contributed by atoms with E-state index in [2.05, 4.69) is 20.9 Å². The van der Waals surface area contributed by atoms with Gasteiger partial charge in [0, 0.05) is 22.1 Å². The molecule has 0 saturated heterocycles. The molecule has 160 valence electrons. The number of fused-ring (bicyclic) bond motifs is 3. The average molecular weight is 502 g/mol. The topological polar surface area (TPSA) is 79.2 Å². The van der Waals surface area contributed by atoms with Gasteiger partial charge in [0.05, 0.1) is 17.9 Å². The quantitative estimate of drug-likeness (QED) is 0.423. The molecule has 3 aromatic rings. The molecule has 0 unspecified atom stereocenters. The van der Waals surface area contributed by atoms with Crippen LogP contribution in [-0.2, 0) is 4.79 Å². The second-order valence-electron chi connectivity index (χ2n) is 6.91. The molecule has 0 spiro atoms. The Bertz CT molecular complexity index is 1200. The van der Waals surface area contributed by atoms with Crippen LogP contribution in [0.15, 0.2) is 56.9 Å². The fourth-order valence-corrected chi connectivity index (χ4v) is 4.69. The van der Waals surface area contributed by atoms with Crippen molar-refractivity contribution in [1.82, 2.24) is 10.1 Å². The smallest absolute Gasteiger partial charge is 0.325 e. The normalized spacial score (nSPS) is 14.7. The van der Waals surface area contributed by atoms with Crippen molar-refractivity contribution in [3.05, 3.63) is 62.9 Å². The summed E-state index contributed by atoms with van der Waals surface area (Å²) in [5.41, 5.74) is 2.30. The summed E-state index contributed by atoms with van der Waals surface area (Å²) in [5, 5.41) is 5.23. The van der Waals surface area contributed by atoms with Crippen molar-refractivity contribution in [2.45, 2.75) is 32.1 Å². The minimum atomic E-state index is -0.602. The molecule has 31 heavy (non-hydrogen) atoms. The number of hydrogen-bond donors (Lipinski definition) is 1. The Labute approximate surface area is 192 Å². The van der Waals surface area contributed by atoms with E-state index in [1.54, 1.807) is 9.58 Å². The summed E-state index contributed by atoms with van der Waals surface area (Å²) in [5.74, 6) is 1.36. The van der Waals surface area contributed by atoms with Crippen LogP contribution in [0.3, 0.4) is 0 Å². The number of halogens is 1. The predicted molar refractivity (Wildman–Crippen MR) is 123 cm³/mol. The minimum Gasteiger partial charge on any atom is -0.494 e. The number of benzene rings is 2. The first-order chi connectivity index (χ1) is 14.9. The molecular weight excluding hydrogens is 480 g/mol. The molecule has 0 aliphatic carbocycles. The van der Waals surface area contributed by atoms with Crippen LogP contribution in [-0.4, -0.2) is 28.3 Å². The standard InChI is InChI=1S/C22H21BrN4O3S/c1-4-30-16-9-6-14(7-10-16)21-26(13(3)28)18-11-8-15(23)12-17(18)19-20(29)24-22(31-5-2)25-27(19)21/h6-12,21H,4-5H2,1-3H3/p+1/t21-/m0/s1. The summed E-state index contributed by atoms with van der Waals surface area (Å²) in [6.07, 6.45) is -0.602. The van der Waals surface area contributed by atoms with Crippen LogP contribution >= 0.6 is 27.7 Å². The first-order valence-electron chi connectivity index (χ1n) is 9.96. The monoisotopic (exact) mass is 501 g/mol. The number of nitrogens with one attached hydrogen (secondary N) is 1. The van der Waals surface area contributed by atoms with Gasteiger partial charge in [-0.2, -0.15) is 0 Å². The molecule has 7 nitrogen and oxygen atoms in total. The van der Waals surface area contributed by atoms with Gasteiger partial charge in [0.15, 0.2) is 0 Å². The zero-order chi connectivity index (χ0) is 22.1. The Morgan fingerprint density at radius 2 is 2.00 bits per heavy atom. The SMILES string of the molecule is CCOc1ccc([C@H]2N(C(C)=O)c3ccc(Br)cc3-c3c(=O)[nH]c(SCC)n[n+]32)cc1. The highest BCUT2D eigenvalue weighted by molar-refractivity contribution is 9.10. The number of H-pyrrole nitrogens is 1. The lowest BCUT2D eigenvalue weighted by Gasteiger charge is -2.31. The molecule has 1 N–H and O–H groups in total. The van der Waals surface area contributed by atoms with E-state index in [0.717, 1.165) is 21.5 Å². The van der Waals surface area contributed by atoms with Crippen LogP contribution < -0.4 is 19.9 Å². The van der Waals surface area contributed by atoms with Crippen LogP contribution in [0, 0.1) is 0 Å². The number of carbonyl (C=O) groups is 1. The van der Waals surface area contributed by atoms with Gasteiger partial charge in [-0.1, -0.05) is 34.6 Å². The van der Waals surface area contributed by atoms with Crippen LogP contribution in [0.4, 0.5) is 5.69 Å². The number of anilines is 1. The molecule has 4 rings (SSSR count). The van der Waals surface area contributed by atoms with E-state index in [9.17, 15) is 9.59 Å². The van der Waals surface area contributed by atoms with Crippen LogP contribution in [0.25, 0.3) is 11.3 Å². The summed E-state index contributed by atoms with van der Waals surface area (Å²) in [4.78, 5) is 30.6.